The highest BCUT2D eigenvalue weighted by Crippen LogP contribution is 2.03. The van der Waals surface area contributed by atoms with E-state index >= 15 is 0 Å². The zero-order valence-electron chi connectivity index (χ0n) is 6.56. The number of fused-ring (bicyclic) bond motifs is 1. The first-order valence-electron chi connectivity index (χ1n) is 3.59. The molecule has 12 heavy (non-hydrogen) atoms. The molecule has 0 saturated heterocycles. The smallest absolute Gasteiger partial charge is 0.178 e. The third kappa shape index (κ3) is 0.887. The predicted octanol–water partition coefficient (Wildman–Crippen LogP) is 0.932. The Morgan fingerprint density at radius 3 is 3.08 bits per heavy atom. The molecule has 0 aliphatic heterocycles. The fourth-order valence-corrected chi connectivity index (χ4v) is 1.11. The topological polar surface area (TPSA) is 47.3 Å². The number of pyridine rings is 1. The maximum absolute atomic E-state index is 11.1. The summed E-state index contributed by atoms with van der Waals surface area (Å²) in [5, 5.41) is 3.92. The quantitative estimate of drug-likeness (QED) is 0.584. The van der Waals surface area contributed by atoms with E-state index in [1.54, 1.807) is 18.2 Å². The van der Waals surface area contributed by atoms with E-state index in [0.717, 1.165) is 0 Å². The fraction of sp³-hybridized carbons (Fsp3) is 0.125. The second kappa shape index (κ2) is 2.41. The summed E-state index contributed by atoms with van der Waals surface area (Å²) in [7, 11) is 0. The molecule has 0 aliphatic carbocycles. The average molecular weight is 161 g/mol. The van der Waals surface area contributed by atoms with Crippen LogP contribution in [0.2, 0.25) is 0 Å². The second-order valence-electron chi connectivity index (χ2n) is 2.50. The van der Waals surface area contributed by atoms with Gasteiger partial charge >= 0.3 is 0 Å². The van der Waals surface area contributed by atoms with Crippen LogP contribution in [0, 0.1) is 0 Å². The van der Waals surface area contributed by atoms with Crippen molar-refractivity contribution in [2.75, 3.05) is 0 Å². The van der Waals surface area contributed by atoms with Gasteiger partial charge in [-0.3, -0.25) is 4.79 Å². The molecule has 0 aromatic carbocycles. The minimum Gasteiger partial charge on any atom is -0.293 e. The number of aromatic nitrogens is 3. The molecule has 4 heteroatoms. The van der Waals surface area contributed by atoms with Crippen molar-refractivity contribution >= 4 is 11.4 Å². The molecule has 2 aromatic rings. The molecule has 0 bridgehead atoms. The summed E-state index contributed by atoms with van der Waals surface area (Å²) in [6.45, 7) is 1.51. The lowest BCUT2D eigenvalue weighted by Crippen LogP contribution is -2.02. The van der Waals surface area contributed by atoms with Gasteiger partial charge in [-0.1, -0.05) is 6.07 Å². The predicted molar refractivity (Wildman–Crippen MR) is 43.0 cm³/mol. The van der Waals surface area contributed by atoms with E-state index in [1.807, 2.05) is 0 Å². The van der Waals surface area contributed by atoms with Gasteiger partial charge in [-0.25, -0.2) is 9.50 Å². The van der Waals surface area contributed by atoms with Crippen LogP contribution in [0.5, 0.6) is 0 Å². The number of rotatable bonds is 1. The van der Waals surface area contributed by atoms with Crippen molar-refractivity contribution in [3.8, 4) is 0 Å². The monoisotopic (exact) mass is 161 g/mol. The van der Waals surface area contributed by atoms with Crippen molar-refractivity contribution in [3.63, 3.8) is 0 Å². The minimum atomic E-state index is -0.00824. The molecule has 2 aromatic heterocycles. The number of carbonyl (C=O) groups excluding carboxylic acids is 1. The van der Waals surface area contributed by atoms with Crippen molar-refractivity contribution in [2.24, 2.45) is 0 Å². The molecule has 4 nitrogen and oxygen atoms in total. The van der Waals surface area contributed by atoms with Gasteiger partial charge in [0.15, 0.2) is 11.4 Å². The lowest BCUT2D eigenvalue weighted by atomic mass is 10.3. The van der Waals surface area contributed by atoms with Gasteiger partial charge < -0.3 is 0 Å². The van der Waals surface area contributed by atoms with Crippen molar-refractivity contribution in [2.45, 2.75) is 6.92 Å². The molecule has 0 amide bonds. The standard InChI is InChI=1S/C8H7N3O/c1-6(12)7-3-2-4-8-9-5-10-11(7)8/h2-5H,1H3. The van der Waals surface area contributed by atoms with Gasteiger partial charge in [0.2, 0.25) is 0 Å². The zero-order chi connectivity index (χ0) is 8.55. The van der Waals surface area contributed by atoms with Crippen LogP contribution in [0.25, 0.3) is 5.65 Å². The first-order valence-corrected chi connectivity index (χ1v) is 3.59. The Balaban J connectivity index is 2.82. The lowest BCUT2D eigenvalue weighted by molar-refractivity contribution is 0.101. The highest BCUT2D eigenvalue weighted by atomic mass is 16.1. The maximum Gasteiger partial charge on any atom is 0.178 e. The molecule has 2 heterocycles. The molecule has 0 N–H and O–H groups in total. The number of ketones is 1. The summed E-state index contributed by atoms with van der Waals surface area (Å²) < 4.78 is 1.53. The minimum absolute atomic E-state index is 0.00824. The molecule has 0 spiro atoms. The summed E-state index contributed by atoms with van der Waals surface area (Å²) in [4.78, 5) is 15.0. The van der Waals surface area contributed by atoms with Crippen molar-refractivity contribution in [1.29, 1.82) is 0 Å². The lowest BCUT2D eigenvalue weighted by Gasteiger charge is -1.97. The van der Waals surface area contributed by atoms with Crippen LogP contribution in [0.3, 0.4) is 0 Å². The van der Waals surface area contributed by atoms with E-state index in [1.165, 1.54) is 17.8 Å². The molecule has 0 fully saturated rings. The third-order valence-electron chi connectivity index (χ3n) is 1.66. The number of hydrogen-bond acceptors (Lipinski definition) is 3. The van der Waals surface area contributed by atoms with E-state index in [4.69, 9.17) is 0 Å². The van der Waals surface area contributed by atoms with E-state index < -0.39 is 0 Å². The molecule has 0 aliphatic rings. The van der Waals surface area contributed by atoms with Gasteiger partial charge in [-0.15, -0.1) is 0 Å². The van der Waals surface area contributed by atoms with Crippen LogP contribution in [0.1, 0.15) is 17.4 Å². The van der Waals surface area contributed by atoms with Crippen LogP contribution in [-0.4, -0.2) is 20.4 Å². The van der Waals surface area contributed by atoms with Gasteiger partial charge in [0.25, 0.3) is 0 Å². The first kappa shape index (κ1) is 6.97. The van der Waals surface area contributed by atoms with Gasteiger partial charge in [0, 0.05) is 6.92 Å². The molecular weight excluding hydrogens is 154 g/mol. The third-order valence-corrected chi connectivity index (χ3v) is 1.66. The van der Waals surface area contributed by atoms with E-state index in [0.29, 0.717) is 11.3 Å². The number of hydrogen-bond donors (Lipinski definition) is 0. The largest absolute Gasteiger partial charge is 0.293 e. The van der Waals surface area contributed by atoms with E-state index in [9.17, 15) is 4.79 Å². The van der Waals surface area contributed by atoms with Crippen LogP contribution < -0.4 is 0 Å². The highest BCUT2D eigenvalue weighted by Gasteiger charge is 2.04. The summed E-state index contributed by atoms with van der Waals surface area (Å²) in [5.41, 5.74) is 1.26. The molecular formula is C8H7N3O. The van der Waals surface area contributed by atoms with Crippen molar-refractivity contribution in [1.82, 2.24) is 14.6 Å². The molecule has 0 atom stereocenters. The van der Waals surface area contributed by atoms with Gasteiger partial charge in [0.05, 0.1) is 0 Å². The molecule has 0 saturated carbocycles. The Bertz CT molecular complexity index is 433. The number of nitrogens with zero attached hydrogens (tertiary/aromatic N) is 3. The average Bonchev–Trinajstić information content (AvgIpc) is 2.49. The van der Waals surface area contributed by atoms with Crippen molar-refractivity contribution in [3.05, 3.63) is 30.2 Å². The SMILES string of the molecule is CC(=O)c1cccc2ncnn12. The van der Waals surface area contributed by atoms with Crippen LogP contribution in [-0.2, 0) is 0 Å². The summed E-state index contributed by atoms with van der Waals surface area (Å²) in [5.74, 6) is -0.00824. The van der Waals surface area contributed by atoms with Gasteiger partial charge in [0.1, 0.15) is 12.0 Å². The van der Waals surface area contributed by atoms with Crippen LogP contribution in [0.4, 0.5) is 0 Å². The summed E-state index contributed by atoms with van der Waals surface area (Å²) in [6.07, 6.45) is 1.43. The maximum atomic E-state index is 11.1. The van der Waals surface area contributed by atoms with Gasteiger partial charge in [-0.05, 0) is 12.1 Å². The highest BCUT2D eigenvalue weighted by molar-refractivity contribution is 5.92. The zero-order valence-corrected chi connectivity index (χ0v) is 6.56. The Morgan fingerprint density at radius 1 is 1.50 bits per heavy atom. The fourth-order valence-electron chi connectivity index (χ4n) is 1.11. The molecule has 60 valence electrons. The normalized spacial score (nSPS) is 10.4. The Kier molecular flexibility index (Phi) is 1.40. The first-order chi connectivity index (χ1) is 5.79. The van der Waals surface area contributed by atoms with E-state index in [2.05, 4.69) is 10.1 Å². The molecule has 2 rings (SSSR count). The van der Waals surface area contributed by atoms with Crippen molar-refractivity contribution < 1.29 is 4.79 Å². The summed E-state index contributed by atoms with van der Waals surface area (Å²) in [6, 6.07) is 5.32. The summed E-state index contributed by atoms with van der Waals surface area (Å²) >= 11 is 0. The van der Waals surface area contributed by atoms with E-state index in [-0.39, 0.29) is 5.78 Å². The Labute approximate surface area is 68.8 Å². The molecule has 0 unspecified atom stereocenters. The second-order valence-corrected chi connectivity index (χ2v) is 2.50. The Hall–Kier alpha value is -1.71. The number of carbonyl (C=O) groups is 1. The van der Waals surface area contributed by atoms with Crippen LogP contribution >= 0.6 is 0 Å². The van der Waals surface area contributed by atoms with Crippen LogP contribution in [0.15, 0.2) is 24.5 Å². The molecule has 0 radical (unpaired) electrons. The number of Topliss-reactive ketones (excluding diaryl/α,β-unsaturated/α-hetero) is 1. The Morgan fingerprint density at radius 2 is 2.33 bits per heavy atom. The van der Waals surface area contributed by atoms with Gasteiger partial charge in [-0.2, -0.15) is 5.10 Å².